The molecule has 0 atom stereocenters. The first-order valence-electron chi connectivity index (χ1n) is 4.46. The van der Waals surface area contributed by atoms with Gasteiger partial charge in [-0.1, -0.05) is 0 Å². The van der Waals surface area contributed by atoms with Gasteiger partial charge < -0.3 is 4.43 Å². The van der Waals surface area contributed by atoms with E-state index in [0.29, 0.717) is 0 Å². The van der Waals surface area contributed by atoms with E-state index < -0.39 is 9.04 Å². The average molecular weight is 218 g/mol. The standard InChI is InChI=1S/C9H15FOSSi/c1-7-6-8(12-9(7)10)4-5-11-13(2)3/h6,13H,4-5H2,1-3H3. The van der Waals surface area contributed by atoms with Crippen molar-refractivity contribution in [3.63, 3.8) is 0 Å². The van der Waals surface area contributed by atoms with E-state index in [2.05, 4.69) is 13.1 Å². The van der Waals surface area contributed by atoms with Gasteiger partial charge in [0.25, 0.3) is 0 Å². The summed E-state index contributed by atoms with van der Waals surface area (Å²) in [6.45, 7) is 6.82. The van der Waals surface area contributed by atoms with Crippen molar-refractivity contribution in [3.05, 3.63) is 21.6 Å². The molecule has 1 aromatic rings. The van der Waals surface area contributed by atoms with Crippen molar-refractivity contribution in [2.45, 2.75) is 26.4 Å². The van der Waals surface area contributed by atoms with Gasteiger partial charge in [0, 0.05) is 17.9 Å². The molecular weight excluding hydrogens is 203 g/mol. The van der Waals surface area contributed by atoms with Gasteiger partial charge in [0.05, 0.1) is 0 Å². The van der Waals surface area contributed by atoms with Crippen molar-refractivity contribution in [2.75, 3.05) is 6.61 Å². The van der Waals surface area contributed by atoms with E-state index in [0.717, 1.165) is 23.5 Å². The van der Waals surface area contributed by atoms with Crippen LogP contribution in [0.4, 0.5) is 4.39 Å². The Morgan fingerprint density at radius 3 is 2.69 bits per heavy atom. The van der Waals surface area contributed by atoms with Crippen molar-refractivity contribution < 1.29 is 8.82 Å². The lowest BCUT2D eigenvalue weighted by atomic mass is 10.3. The van der Waals surface area contributed by atoms with Gasteiger partial charge >= 0.3 is 0 Å². The van der Waals surface area contributed by atoms with Gasteiger partial charge in [-0.25, -0.2) is 0 Å². The summed E-state index contributed by atoms with van der Waals surface area (Å²) in [6, 6.07) is 1.91. The normalized spacial score (nSPS) is 11.2. The van der Waals surface area contributed by atoms with Crippen LogP contribution < -0.4 is 0 Å². The van der Waals surface area contributed by atoms with Crippen LogP contribution in [0.1, 0.15) is 10.4 Å². The van der Waals surface area contributed by atoms with E-state index in [4.69, 9.17) is 4.43 Å². The van der Waals surface area contributed by atoms with E-state index >= 15 is 0 Å². The summed E-state index contributed by atoms with van der Waals surface area (Å²) in [7, 11) is -0.906. The fraction of sp³-hybridized carbons (Fsp3) is 0.556. The SMILES string of the molecule is Cc1cc(CCO[SiH](C)C)sc1F. The van der Waals surface area contributed by atoms with Crippen LogP contribution in [0.3, 0.4) is 0 Å². The van der Waals surface area contributed by atoms with Crippen molar-refractivity contribution in [1.82, 2.24) is 0 Å². The van der Waals surface area contributed by atoms with Crippen molar-refractivity contribution in [2.24, 2.45) is 0 Å². The van der Waals surface area contributed by atoms with E-state index in [1.54, 1.807) is 6.92 Å². The molecule has 0 aliphatic heterocycles. The van der Waals surface area contributed by atoms with Gasteiger partial charge in [-0.3, -0.25) is 0 Å². The molecular formula is C9H15FOSSi. The molecule has 0 bridgehead atoms. The van der Waals surface area contributed by atoms with Crippen LogP contribution in [0, 0.1) is 12.1 Å². The highest BCUT2D eigenvalue weighted by atomic mass is 32.1. The van der Waals surface area contributed by atoms with Crippen LogP contribution in [-0.2, 0) is 10.8 Å². The predicted octanol–water partition coefficient (Wildman–Crippen LogP) is 2.74. The summed E-state index contributed by atoms with van der Waals surface area (Å²) < 4.78 is 18.4. The highest BCUT2D eigenvalue weighted by Crippen LogP contribution is 2.20. The minimum atomic E-state index is -0.906. The first kappa shape index (κ1) is 10.9. The third-order valence-corrected chi connectivity index (χ3v) is 3.70. The number of hydrogen-bond acceptors (Lipinski definition) is 2. The number of thiophene rings is 1. The van der Waals surface area contributed by atoms with Gasteiger partial charge in [-0.2, -0.15) is 4.39 Å². The number of aryl methyl sites for hydroxylation is 1. The Morgan fingerprint density at radius 2 is 2.23 bits per heavy atom. The highest BCUT2D eigenvalue weighted by molar-refractivity contribution is 7.10. The van der Waals surface area contributed by atoms with Crippen LogP contribution >= 0.6 is 11.3 Å². The topological polar surface area (TPSA) is 9.23 Å². The Bertz CT molecular complexity index is 253. The molecule has 13 heavy (non-hydrogen) atoms. The first-order valence-corrected chi connectivity index (χ1v) is 8.05. The summed E-state index contributed by atoms with van der Waals surface area (Å²) in [6.07, 6.45) is 0.848. The molecule has 1 rings (SSSR count). The van der Waals surface area contributed by atoms with Gasteiger partial charge in [-0.05, 0) is 31.6 Å². The van der Waals surface area contributed by atoms with Crippen LogP contribution in [0.2, 0.25) is 13.1 Å². The smallest absolute Gasteiger partial charge is 0.179 e. The maximum Gasteiger partial charge on any atom is 0.179 e. The van der Waals surface area contributed by atoms with Crippen LogP contribution in [0.5, 0.6) is 0 Å². The molecule has 0 aliphatic carbocycles. The highest BCUT2D eigenvalue weighted by Gasteiger charge is 2.04. The lowest BCUT2D eigenvalue weighted by Crippen LogP contribution is -2.09. The molecule has 0 saturated heterocycles. The van der Waals surface area contributed by atoms with E-state index in [9.17, 15) is 4.39 Å². The molecule has 0 saturated carbocycles. The Morgan fingerprint density at radius 1 is 1.54 bits per heavy atom. The maximum atomic E-state index is 12.9. The Kier molecular flexibility index (Phi) is 4.09. The molecule has 0 unspecified atom stereocenters. The first-order chi connectivity index (χ1) is 6.09. The molecule has 0 N–H and O–H groups in total. The summed E-state index contributed by atoms with van der Waals surface area (Å²) >= 11 is 1.23. The molecule has 1 nitrogen and oxygen atoms in total. The second-order valence-corrected chi connectivity index (χ2v) is 6.86. The van der Waals surface area contributed by atoms with E-state index in [1.165, 1.54) is 11.3 Å². The molecule has 0 fully saturated rings. The maximum absolute atomic E-state index is 12.9. The molecule has 4 heteroatoms. The Labute approximate surface area is 84.3 Å². The molecule has 0 aliphatic rings. The van der Waals surface area contributed by atoms with Crippen LogP contribution in [-0.4, -0.2) is 15.6 Å². The van der Waals surface area contributed by atoms with E-state index in [-0.39, 0.29) is 5.13 Å². The zero-order valence-electron chi connectivity index (χ0n) is 8.26. The summed E-state index contributed by atoms with van der Waals surface area (Å²) in [4.78, 5) is 1.09. The molecule has 0 spiro atoms. The van der Waals surface area contributed by atoms with Crippen molar-refractivity contribution in [1.29, 1.82) is 0 Å². The third kappa shape index (κ3) is 3.58. The molecule has 74 valence electrons. The number of halogens is 1. The quantitative estimate of drug-likeness (QED) is 0.706. The Hall–Kier alpha value is -0.193. The fourth-order valence-corrected chi connectivity index (χ4v) is 2.50. The average Bonchev–Trinajstić information content (AvgIpc) is 2.30. The summed E-state index contributed by atoms with van der Waals surface area (Å²) in [5.41, 5.74) is 0.752. The monoisotopic (exact) mass is 218 g/mol. The molecule has 1 aromatic heterocycles. The minimum absolute atomic E-state index is 0.0585. The van der Waals surface area contributed by atoms with Crippen molar-refractivity contribution >= 4 is 20.4 Å². The van der Waals surface area contributed by atoms with Crippen LogP contribution in [0.15, 0.2) is 6.07 Å². The zero-order chi connectivity index (χ0) is 9.84. The van der Waals surface area contributed by atoms with Gasteiger partial charge in [-0.15, -0.1) is 11.3 Å². The fourth-order valence-electron chi connectivity index (χ4n) is 1.04. The lowest BCUT2D eigenvalue weighted by molar-refractivity contribution is 0.332. The second-order valence-electron chi connectivity index (χ2n) is 3.34. The number of hydrogen-bond donors (Lipinski definition) is 0. The second kappa shape index (κ2) is 4.88. The van der Waals surface area contributed by atoms with E-state index in [1.807, 2.05) is 6.07 Å². The Balaban J connectivity index is 2.37. The molecule has 0 amide bonds. The van der Waals surface area contributed by atoms with Gasteiger partial charge in [0.15, 0.2) is 14.2 Å². The lowest BCUT2D eigenvalue weighted by Gasteiger charge is -2.04. The molecule has 0 radical (unpaired) electrons. The number of rotatable bonds is 4. The predicted molar refractivity (Wildman–Crippen MR) is 57.5 cm³/mol. The minimum Gasteiger partial charge on any atom is -0.420 e. The van der Waals surface area contributed by atoms with Gasteiger partial charge in [0.2, 0.25) is 0 Å². The summed E-state index contributed by atoms with van der Waals surface area (Å²) in [5.74, 6) is 0. The largest absolute Gasteiger partial charge is 0.420 e. The molecule has 1 heterocycles. The van der Waals surface area contributed by atoms with Crippen molar-refractivity contribution in [3.8, 4) is 0 Å². The van der Waals surface area contributed by atoms with Gasteiger partial charge in [0.1, 0.15) is 0 Å². The third-order valence-electron chi connectivity index (χ3n) is 1.71. The van der Waals surface area contributed by atoms with Crippen LogP contribution in [0.25, 0.3) is 0 Å². The zero-order valence-corrected chi connectivity index (χ0v) is 10.2. The summed E-state index contributed by atoms with van der Waals surface area (Å²) in [5, 5.41) is -0.0585. The molecule has 0 aromatic carbocycles.